The van der Waals surface area contributed by atoms with Crippen LogP contribution in [0.15, 0.2) is 29.3 Å². The number of urea groups is 1. The molecule has 0 atom stereocenters. The fourth-order valence-electron chi connectivity index (χ4n) is 3.72. The van der Waals surface area contributed by atoms with E-state index in [0.717, 1.165) is 12.3 Å². The van der Waals surface area contributed by atoms with Crippen LogP contribution in [-0.4, -0.2) is 46.9 Å². The highest BCUT2D eigenvalue weighted by atomic mass is 32.2. The van der Waals surface area contributed by atoms with Crippen molar-refractivity contribution in [1.29, 1.82) is 0 Å². The number of nitrogens with zero attached hydrogens (tertiary/aromatic N) is 2. The molecule has 2 heterocycles. The molecule has 0 unspecified atom stereocenters. The Labute approximate surface area is 180 Å². The lowest BCUT2D eigenvalue weighted by Gasteiger charge is -2.37. The number of halogens is 3. The number of aliphatic hydroxyl groups is 1. The summed E-state index contributed by atoms with van der Waals surface area (Å²) in [5, 5.41) is 14.2. The third kappa shape index (κ3) is 3.88. The van der Waals surface area contributed by atoms with E-state index in [1.54, 1.807) is 0 Å². The van der Waals surface area contributed by atoms with Crippen LogP contribution < -0.4 is 10.6 Å². The van der Waals surface area contributed by atoms with Crippen LogP contribution in [0.2, 0.25) is 0 Å². The molecule has 0 radical (unpaired) electrons. The zero-order chi connectivity index (χ0) is 23.2. The van der Waals surface area contributed by atoms with Crippen molar-refractivity contribution in [2.75, 3.05) is 10.6 Å². The number of rotatable bonds is 3. The smallest absolute Gasteiger partial charge is 0.337 e. The van der Waals surface area contributed by atoms with E-state index in [-0.39, 0.29) is 29.9 Å². The molecular weight excluding hydrogens is 453 g/mol. The first-order valence-electron chi connectivity index (χ1n) is 9.57. The van der Waals surface area contributed by atoms with Crippen LogP contribution >= 0.6 is 0 Å². The molecule has 2 aliphatic rings. The molecule has 1 aliphatic carbocycles. The first-order valence-corrected chi connectivity index (χ1v) is 11.0. The van der Waals surface area contributed by atoms with Crippen molar-refractivity contribution >= 4 is 33.5 Å². The molecule has 13 heteroatoms. The van der Waals surface area contributed by atoms with Crippen LogP contribution in [0, 0.1) is 17.5 Å². The number of benzene rings is 1. The van der Waals surface area contributed by atoms with Crippen LogP contribution in [0.3, 0.4) is 0 Å². The van der Waals surface area contributed by atoms with Gasteiger partial charge in [0.1, 0.15) is 4.90 Å². The minimum atomic E-state index is -4.37. The summed E-state index contributed by atoms with van der Waals surface area (Å²) in [5.74, 6) is -5.94. The van der Waals surface area contributed by atoms with Crippen LogP contribution in [0.4, 0.5) is 29.5 Å². The molecule has 1 aliphatic heterocycles. The van der Waals surface area contributed by atoms with Gasteiger partial charge < -0.3 is 10.4 Å². The molecule has 170 valence electrons. The van der Waals surface area contributed by atoms with Crippen molar-refractivity contribution < 1.29 is 36.3 Å². The molecule has 1 fully saturated rings. The second kappa shape index (κ2) is 8.06. The SMILES string of the molecule is O=C(Nc1cc(F)c(F)c(F)c1)c1cnc2c(c1)S(=O)(=O)N(C1CCC(O)CC1)C(=O)N2. The molecule has 32 heavy (non-hydrogen) atoms. The Bertz CT molecular complexity index is 1190. The lowest BCUT2D eigenvalue weighted by Crippen LogP contribution is -2.51. The molecule has 0 spiro atoms. The second-order valence-corrected chi connectivity index (χ2v) is 9.26. The van der Waals surface area contributed by atoms with Crippen molar-refractivity contribution in [3.05, 3.63) is 47.4 Å². The molecule has 0 bridgehead atoms. The van der Waals surface area contributed by atoms with Crippen LogP contribution in [-0.2, 0) is 10.0 Å². The number of carbonyl (C=O) groups excluding carboxylic acids is 2. The van der Waals surface area contributed by atoms with Crippen LogP contribution in [0.25, 0.3) is 0 Å². The normalized spacial score (nSPS) is 22.1. The van der Waals surface area contributed by atoms with Gasteiger partial charge in [0.25, 0.3) is 15.9 Å². The van der Waals surface area contributed by atoms with E-state index in [2.05, 4.69) is 15.6 Å². The zero-order valence-electron chi connectivity index (χ0n) is 16.3. The van der Waals surface area contributed by atoms with Gasteiger partial charge >= 0.3 is 6.03 Å². The van der Waals surface area contributed by atoms with Gasteiger partial charge in [-0.3, -0.25) is 10.1 Å². The monoisotopic (exact) mass is 470 g/mol. The topological polar surface area (TPSA) is 129 Å². The minimum Gasteiger partial charge on any atom is -0.393 e. The quantitative estimate of drug-likeness (QED) is 0.592. The Morgan fingerprint density at radius 2 is 1.75 bits per heavy atom. The first-order chi connectivity index (χ1) is 15.1. The number of hydrogen-bond acceptors (Lipinski definition) is 6. The maximum atomic E-state index is 13.4. The molecule has 1 aromatic heterocycles. The molecule has 2 aromatic rings. The summed E-state index contributed by atoms with van der Waals surface area (Å²) in [4.78, 5) is 28.3. The van der Waals surface area contributed by atoms with E-state index in [1.807, 2.05) is 0 Å². The van der Waals surface area contributed by atoms with Crippen LogP contribution in [0.1, 0.15) is 36.0 Å². The summed E-state index contributed by atoms with van der Waals surface area (Å²) in [6.45, 7) is 0. The number of anilines is 2. The largest absolute Gasteiger partial charge is 0.393 e. The Morgan fingerprint density at radius 1 is 1.12 bits per heavy atom. The van der Waals surface area contributed by atoms with E-state index < -0.39 is 56.5 Å². The second-order valence-electron chi connectivity index (χ2n) is 7.47. The van der Waals surface area contributed by atoms with Crippen molar-refractivity contribution in [2.45, 2.75) is 42.7 Å². The Hall–Kier alpha value is -3.19. The number of sulfonamides is 1. The molecule has 1 aromatic carbocycles. The first kappa shape index (κ1) is 22.0. The number of aromatic nitrogens is 1. The Kier molecular flexibility index (Phi) is 5.54. The number of aliphatic hydroxyl groups excluding tert-OH is 1. The van der Waals surface area contributed by atoms with Gasteiger partial charge in [0, 0.05) is 24.0 Å². The number of pyridine rings is 1. The van der Waals surface area contributed by atoms with Gasteiger partial charge in [-0.25, -0.2) is 35.7 Å². The third-order valence-electron chi connectivity index (χ3n) is 5.32. The lowest BCUT2D eigenvalue weighted by atomic mass is 9.93. The van der Waals surface area contributed by atoms with Gasteiger partial charge in [0.05, 0.1) is 17.7 Å². The zero-order valence-corrected chi connectivity index (χ0v) is 17.1. The molecule has 9 nitrogen and oxygen atoms in total. The van der Waals surface area contributed by atoms with Gasteiger partial charge in [0.2, 0.25) is 0 Å². The standard InChI is InChI=1S/C19H17F3N4O5S/c20-13-6-10(7-14(21)16(13)22)24-18(28)9-5-15-17(23-8-9)25-19(29)26(32(15,30)31)11-1-3-12(27)4-2-11/h5-8,11-12,27H,1-4H2,(H,24,28)(H,23,25,29). The van der Waals surface area contributed by atoms with Crippen LogP contribution in [0.5, 0.6) is 0 Å². The molecule has 1 saturated carbocycles. The molecule has 4 rings (SSSR count). The average Bonchev–Trinajstić information content (AvgIpc) is 2.73. The average molecular weight is 470 g/mol. The van der Waals surface area contributed by atoms with E-state index in [0.29, 0.717) is 29.3 Å². The lowest BCUT2D eigenvalue weighted by molar-refractivity contribution is 0.102. The molecular formula is C19H17F3N4O5S. The summed E-state index contributed by atoms with van der Waals surface area (Å²) < 4.78 is 66.8. The summed E-state index contributed by atoms with van der Waals surface area (Å²) in [5.41, 5.74) is -0.657. The summed E-state index contributed by atoms with van der Waals surface area (Å²) in [7, 11) is -4.37. The summed E-state index contributed by atoms with van der Waals surface area (Å²) in [6.07, 6.45) is 1.64. The minimum absolute atomic E-state index is 0.266. The van der Waals surface area contributed by atoms with E-state index >= 15 is 0 Å². The maximum absolute atomic E-state index is 13.4. The molecule has 0 saturated heterocycles. The fraction of sp³-hybridized carbons (Fsp3) is 0.316. The van der Waals surface area contributed by atoms with Gasteiger partial charge in [-0.05, 0) is 31.7 Å². The number of amides is 3. The van der Waals surface area contributed by atoms with E-state index in [1.165, 1.54) is 0 Å². The highest BCUT2D eigenvalue weighted by molar-refractivity contribution is 7.90. The van der Waals surface area contributed by atoms with E-state index in [9.17, 15) is 36.3 Å². The fourth-order valence-corrected chi connectivity index (χ4v) is 5.42. The third-order valence-corrected chi connectivity index (χ3v) is 7.17. The molecule has 3 amide bonds. The van der Waals surface area contributed by atoms with Crippen molar-refractivity contribution in [3.63, 3.8) is 0 Å². The van der Waals surface area contributed by atoms with E-state index in [4.69, 9.17) is 0 Å². The highest BCUT2D eigenvalue weighted by Crippen LogP contribution is 2.34. The van der Waals surface area contributed by atoms with Gasteiger partial charge in [-0.2, -0.15) is 0 Å². The summed E-state index contributed by atoms with van der Waals surface area (Å²) in [6, 6.07) is 0.560. The predicted octanol–water partition coefficient (Wildman–Crippen LogP) is 2.59. The van der Waals surface area contributed by atoms with Crippen molar-refractivity contribution in [2.24, 2.45) is 0 Å². The molecule has 3 N–H and O–H groups in total. The van der Waals surface area contributed by atoms with Gasteiger partial charge in [-0.1, -0.05) is 0 Å². The summed E-state index contributed by atoms with van der Waals surface area (Å²) >= 11 is 0. The van der Waals surface area contributed by atoms with Crippen molar-refractivity contribution in [1.82, 2.24) is 9.29 Å². The predicted molar refractivity (Wildman–Crippen MR) is 105 cm³/mol. The van der Waals surface area contributed by atoms with Gasteiger partial charge in [0.15, 0.2) is 23.3 Å². The number of nitrogens with one attached hydrogen (secondary N) is 2. The van der Waals surface area contributed by atoms with Crippen molar-refractivity contribution in [3.8, 4) is 0 Å². The Balaban J connectivity index is 1.63. The Morgan fingerprint density at radius 3 is 2.38 bits per heavy atom. The maximum Gasteiger partial charge on any atom is 0.337 e. The number of hydrogen-bond donors (Lipinski definition) is 3. The number of carbonyl (C=O) groups is 2. The highest BCUT2D eigenvalue weighted by Gasteiger charge is 2.43. The van der Waals surface area contributed by atoms with Gasteiger partial charge in [-0.15, -0.1) is 0 Å². The number of fused-ring (bicyclic) bond motifs is 1.